The molecule has 3 rings (SSSR count). The van der Waals surface area contributed by atoms with Crippen LogP contribution in [0.4, 0.5) is 0 Å². The Morgan fingerprint density at radius 1 is 1.23 bits per heavy atom. The molecule has 1 aromatic heterocycles. The van der Waals surface area contributed by atoms with Gasteiger partial charge < -0.3 is 10.3 Å². The molecule has 0 aliphatic carbocycles. The first-order chi connectivity index (χ1) is 6.43. The summed E-state index contributed by atoms with van der Waals surface area (Å²) in [7, 11) is 0. The van der Waals surface area contributed by atoms with Gasteiger partial charge in [0, 0.05) is 17.8 Å². The van der Waals surface area contributed by atoms with E-state index >= 15 is 0 Å². The van der Waals surface area contributed by atoms with Crippen molar-refractivity contribution in [2.24, 2.45) is 0 Å². The van der Waals surface area contributed by atoms with Gasteiger partial charge in [-0.05, 0) is 36.0 Å². The number of benzene rings is 1. The predicted molar refractivity (Wildman–Crippen MR) is 53.7 cm³/mol. The zero-order chi connectivity index (χ0) is 8.67. The Kier molecular flexibility index (Phi) is 1.43. The van der Waals surface area contributed by atoms with E-state index in [2.05, 4.69) is 34.6 Å². The van der Waals surface area contributed by atoms with Gasteiger partial charge in [0.15, 0.2) is 0 Å². The molecule has 2 heteroatoms. The Labute approximate surface area is 77.0 Å². The highest BCUT2D eigenvalue weighted by Crippen LogP contribution is 2.25. The summed E-state index contributed by atoms with van der Waals surface area (Å²) in [6.45, 7) is 1.16. The molecule has 1 aromatic carbocycles. The number of hydrogen-bond donors (Lipinski definition) is 2. The molecule has 1 fully saturated rings. The normalized spacial score (nSPS) is 21.7. The molecular formula is C11H12N2. The summed E-state index contributed by atoms with van der Waals surface area (Å²) in [5.41, 5.74) is 2.65. The number of aromatic amines is 1. The molecule has 1 aliphatic heterocycles. The molecule has 1 aliphatic rings. The molecule has 0 bridgehead atoms. The van der Waals surface area contributed by atoms with Gasteiger partial charge in [-0.2, -0.15) is 0 Å². The second-order valence-corrected chi connectivity index (χ2v) is 3.62. The minimum absolute atomic E-state index is 0.590. The topological polar surface area (TPSA) is 27.8 Å². The van der Waals surface area contributed by atoms with Crippen molar-refractivity contribution in [2.75, 3.05) is 6.54 Å². The zero-order valence-electron chi connectivity index (χ0n) is 7.38. The lowest BCUT2D eigenvalue weighted by Crippen LogP contribution is -2.34. The fourth-order valence-electron chi connectivity index (χ4n) is 1.86. The number of H-pyrrole nitrogens is 1. The molecule has 0 spiro atoms. The van der Waals surface area contributed by atoms with Crippen LogP contribution in [0.1, 0.15) is 18.0 Å². The van der Waals surface area contributed by atoms with E-state index in [-0.39, 0.29) is 0 Å². The monoisotopic (exact) mass is 172 g/mol. The van der Waals surface area contributed by atoms with Crippen LogP contribution in [0.15, 0.2) is 30.5 Å². The van der Waals surface area contributed by atoms with E-state index in [1.165, 1.54) is 22.9 Å². The molecule has 2 aromatic rings. The summed E-state index contributed by atoms with van der Waals surface area (Å²) in [6, 6.07) is 9.33. The van der Waals surface area contributed by atoms with Crippen molar-refractivity contribution in [2.45, 2.75) is 12.5 Å². The lowest BCUT2D eigenvalue weighted by Gasteiger charge is -2.27. The SMILES string of the molecule is c1cc2ccc([C@H]3CCN3)cc2[nH]1. The smallest absolute Gasteiger partial charge is 0.0457 e. The Balaban J connectivity index is 2.09. The highest BCUT2D eigenvalue weighted by Gasteiger charge is 2.18. The fourth-order valence-corrected chi connectivity index (χ4v) is 1.86. The van der Waals surface area contributed by atoms with E-state index in [9.17, 15) is 0 Å². The maximum absolute atomic E-state index is 3.40. The molecular weight excluding hydrogens is 160 g/mol. The Morgan fingerprint density at radius 2 is 2.15 bits per heavy atom. The van der Waals surface area contributed by atoms with Gasteiger partial charge in [-0.25, -0.2) is 0 Å². The molecule has 0 amide bonds. The maximum Gasteiger partial charge on any atom is 0.0457 e. The lowest BCUT2D eigenvalue weighted by molar-refractivity contribution is 0.383. The van der Waals surface area contributed by atoms with Crippen molar-refractivity contribution in [1.29, 1.82) is 0 Å². The van der Waals surface area contributed by atoms with E-state index in [1.54, 1.807) is 0 Å². The van der Waals surface area contributed by atoms with Crippen molar-refractivity contribution in [3.05, 3.63) is 36.0 Å². The molecule has 2 nitrogen and oxygen atoms in total. The lowest BCUT2D eigenvalue weighted by atomic mass is 9.97. The number of hydrogen-bond acceptors (Lipinski definition) is 1. The first kappa shape index (κ1) is 7.15. The van der Waals surface area contributed by atoms with Gasteiger partial charge in [0.25, 0.3) is 0 Å². The van der Waals surface area contributed by atoms with Crippen LogP contribution in [0.3, 0.4) is 0 Å². The van der Waals surface area contributed by atoms with Crippen molar-refractivity contribution >= 4 is 10.9 Å². The molecule has 1 saturated heterocycles. The van der Waals surface area contributed by atoms with E-state index in [1.807, 2.05) is 6.20 Å². The minimum atomic E-state index is 0.590. The van der Waals surface area contributed by atoms with Gasteiger partial charge >= 0.3 is 0 Å². The van der Waals surface area contributed by atoms with Gasteiger partial charge in [-0.1, -0.05) is 12.1 Å². The Bertz CT molecular complexity index is 426. The third-order valence-corrected chi connectivity index (χ3v) is 2.81. The second-order valence-electron chi connectivity index (χ2n) is 3.62. The number of rotatable bonds is 1. The molecule has 1 atom stereocenters. The van der Waals surface area contributed by atoms with Gasteiger partial charge in [-0.3, -0.25) is 0 Å². The van der Waals surface area contributed by atoms with Crippen LogP contribution in [0.5, 0.6) is 0 Å². The van der Waals surface area contributed by atoms with Gasteiger partial charge in [0.2, 0.25) is 0 Å². The molecule has 13 heavy (non-hydrogen) atoms. The summed E-state index contributed by atoms with van der Waals surface area (Å²) in [4.78, 5) is 3.24. The van der Waals surface area contributed by atoms with E-state index < -0.39 is 0 Å². The van der Waals surface area contributed by atoms with Crippen molar-refractivity contribution in [3.8, 4) is 0 Å². The molecule has 0 saturated carbocycles. The summed E-state index contributed by atoms with van der Waals surface area (Å²) in [5, 5.41) is 4.70. The van der Waals surface area contributed by atoms with Crippen LogP contribution in [-0.4, -0.2) is 11.5 Å². The average molecular weight is 172 g/mol. The molecule has 2 heterocycles. The fraction of sp³-hybridized carbons (Fsp3) is 0.273. The van der Waals surface area contributed by atoms with Crippen LogP contribution in [-0.2, 0) is 0 Å². The summed E-state index contributed by atoms with van der Waals surface area (Å²) in [5.74, 6) is 0. The number of aromatic nitrogens is 1. The summed E-state index contributed by atoms with van der Waals surface area (Å²) < 4.78 is 0. The van der Waals surface area contributed by atoms with Crippen molar-refractivity contribution < 1.29 is 0 Å². The van der Waals surface area contributed by atoms with E-state index in [0.29, 0.717) is 6.04 Å². The first-order valence-corrected chi connectivity index (χ1v) is 4.74. The highest BCUT2D eigenvalue weighted by atomic mass is 15.0. The molecule has 0 unspecified atom stereocenters. The van der Waals surface area contributed by atoms with E-state index in [0.717, 1.165) is 6.54 Å². The highest BCUT2D eigenvalue weighted by molar-refractivity contribution is 5.80. The minimum Gasteiger partial charge on any atom is -0.361 e. The number of nitrogens with one attached hydrogen (secondary N) is 2. The van der Waals surface area contributed by atoms with Crippen molar-refractivity contribution in [1.82, 2.24) is 10.3 Å². The Morgan fingerprint density at radius 3 is 2.92 bits per heavy atom. The van der Waals surface area contributed by atoms with Crippen LogP contribution >= 0.6 is 0 Å². The van der Waals surface area contributed by atoms with E-state index in [4.69, 9.17) is 0 Å². The van der Waals surface area contributed by atoms with Gasteiger partial charge in [-0.15, -0.1) is 0 Å². The molecule has 66 valence electrons. The van der Waals surface area contributed by atoms with Crippen LogP contribution in [0.2, 0.25) is 0 Å². The van der Waals surface area contributed by atoms with Crippen LogP contribution in [0, 0.1) is 0 Å². The van der Waals surface area contributed by atoms with Crippen LogP contribution < -0.4 is 5.32 Å². The quantitative estimate of drug-likeness (QED) is 0.678. The second kappa shape index (κ2) is 2.60. The molecule has 2 N–H and O–H groups in total. The third-order valence-electron chi connectivity index (χ3n) is 2.81. The molecule has 0 radical (unpaired) electrons. The van der Waals surface area contributed by atoms with Gasteiger partial charge in [0.1, 0.15) is 0 Å². The Hall–Kier alpha value is -1.28. The predicted octanol–water partition coefficient (Wildman–Crippen LogP) is 2.20. The first-order valence-electron chi connectivity index (χ1n) is 4.74. The third kappa shape index (κ3) is 1.06. The number of fused-ring (bicyclic) bond motifs is 1. The zero-order valence-corrected chi connectivity index (χ0v) is 7.38. The average Bonchev–Trinajstić information content (AvgIpc) is 2.47. The standard InChI is InChI=1S/C11H12N2/c1-2-9(10-4-6-12-10)7-11-8(1)3-5-13-11/h1-3,5,7,10,12-13H,4,6H2/t10-/m1/s1. The summed E-state index contributed by atoms with van der Waals surface area (Å²) in [6.07, 6.45) is 3.26. The largest absolute Gasteiger partial charge is 0.361 e. The van der Waals surface area contributed by atoms with Crippen molar-refractivity contribution in [3.63, 3.8) is 0 Å². The van der Waals surface area contributed by atoms with Gasteiger partial charge in [0.05, 0.1) is 0 Å². The maximum atomic E-state index is 3.40. The van der Waals surface area contributed by atoms with Crippen LogP contribution in [0.25, 0.3) is 10.9 Å². The summed E-state index contributed by atoms with van der Waals surface area (Å²) >= 11 is 0.